The summed E-state index contributed by atoms with van der Waals surface area (Å²) in [4.78, 5) is 24.7. The van der Waals surface area contributed by atoms with Gasteiger partial charge in [-0.2, -0.15) is 0 Å². The zero-order chi connectivity index (χ0) is 22.3. The fraction of sp³-hybridized carbons (Fsp3) is 0.154. The van der Waals surface area contributed by atoms with Gasteiger partial charge in [-0.05, 0) is 42.3 Å². The fourth-order valence-corrected chi connectivity index (χ4v) is 3.70. The van der Waals surface area contributed by atoms with E-state index in [9.17, 15) is 14.7 Å². The molecule has 0 saturated carbocycles. The first-order chi connectivity index (χ1) is 15.6. The van der Waals surface area contributed by atoms with Crippen LogP contribution in [-0.2, 0) is 11.3 Å². The van der Waals surface area contributed by atoms with Crippen LogP contribution in [0, 0.1) is 0 Å². The van der Waals surface area contributed by atoms with E-state index in [-0.39, 0.29) is 24.1 Å². The lowest BCUT2D eigenvalue weighted by Gasteiger charge is -2.12. The van der Waals surface area contributed by atoms with Gasteiger partial charge in [0.2, 0.25) is 5.91 Å². The summed E-state index contributed by atoms with van der Waals surface area (Å²) in [6, 6.07) is 26.4. The average molecular weight is 428 g/mol. The molecule has 1 heterocycles. The number of hydrogen-bond acceptors (Lipinski definition) is 3. The minimum absolute atomic E-state index is 0.0531. The summed E-state index contributed by atoms with van der Waals surface area (Å²) in [5.74, 6) is -0.279. The van der Waals surface area contributed by atoms with Crippen molar-refractivity contribution in [1.82, 2.24) is 15.2 Å². The summed E-state index contributed by atoms with van der Waals surface area (Å²) in [5, 5.41) is 16.3. The number of para-hydroxylation sites is 1. The Morgan fingerprint density at radius 3 is 2.38 bits per heavy atom. The fourth-order valence-electron chi connectivity index (χ4n) is 3.70. The molecule has 6 nitrogen and oxygen atoms in total. The Morgan fingerprint density at radius 1 is 0.812 bits per heavy atom. The van der Waals surface area contributed by atoms with Gasteiger partial charge in [0.05, 0.1) is 0 Å². The third-order valence-electron chi connectivity index (χ3n) is 5.25. The molecule has 0 fully saturated rings. The summed E-state index contributed by atoms with van der Waals surface area (Å²) in [6.45, 7) is 1.10. The van der Waals surface area contributed by atoms with Gasteiger partial charge in [-0.25, -0.2) is 0 Å². The smallest absolute Gasteiger partial charge is 0.251 e. The maximum absolute atomic E-state index is 12.6. The first kappa shape index (κ1) is 21.2. The van der Waals surface area contributed by atoms with Crippen molar-refractivity contribution in [2.75, 3.05) is 13.1 Å². The number of carbonyl (C=O) groups excluding carboxylic acids is 2. The predicted molar refractivity (Wildman–Crippen MR) is 125 cm³/mol. The highest BCUT2D eigenvalue weighted by Gasteiger charge is 2.13. The Balaban J connectivity index is 1.33. The molecule has 4 aromatic rings. The highest BCUT2D eigenvalue weighted by molar-refractivity contribution is 5.94. The van der Waals surface area contributed by atoms with Gasteiger partial charge in [0.15, 0.2) is 0 Å². The predicted octanol–water partition coefficient (Wildman–Crippen LogP) is 3.95. The molecule has 0 atom stereocenters. The quantitative estimate of drug-likeness (QED) is 0.372. The molecule has 162 valence electrons. The molecule has 0 radical (unpaired) electrons. The van der Waals surface area contributed by atoms with E-state index in [0.29, 0.717) is 25.1 Å². The van der Waals surface area contributed by atoms with Crippen LogP contribution in [0.2, 0.25) is 0 Å². The summed E-state index contributed by atoms with van der Waals surface area (Å²) >= 11 is 0. The number of amides is 2. The van der Waals surface area contributed by atoms with Crippen LogP contribution in [0.3, 0.4) is 0 Å². The number of phenolic OH excluding ortho intramolecular Hbond substituents is 1. The van der Waals surface area contributed by atoms with E-state index in [4.69, 9.17) is 0 Å². The maximum atomic E-state index is 12.6. The van der Waals surface area contributed by atoms with Gasteiger partial charge in [-0.3, -0.25) is 9.59 Å². The highest BCUT2D eigenvalue weighted by Crippen LogP contribution is 2.28. The molecule has 0 saturated heterocycles. The van der Waals surface area contributed by atoms with Gasteiger partial charge in [0.25, 0.3) is 5.91 Å². The molecular formula is C26H25N3O3. The highest BCUT2D eigenvalue weighted by atomic mass is 16.3. The third kappa shape index (κ3) is 4.98. The molecule has 3 N–H and O–H groups in total. The van der Waals surface area contributed by atoms with Gasteiger partial charge in [0.1, 0.15) is 12.3 Å². The van der Waals surface area contributed by atoms with Crippen molar-refractivity contribution in [3.05, 3.63) is 90.5 Å². The van der Waals surface area contributed by atoms with E-state index < -0.39 is 0 Å². The molecule has 0 spiro atoms. The monoisotopic (exact) mass is 427 g/mol. The van der Waals surface area contributed by atoms with Gasteiger partial charge in [0, 0.05) is 35.2 Å². The number of fused-ring (bicyclic) bond motifs is 1. The lowest BCUT2D eigenvalue weighted by Crippen LogP contribution is -2.31. The van der Waals surface area contributed by atoms with Crippen LogP contribution in [0.5, 0.6) is 5.75 Å². The molecule has 0 aliphatic heterocycles. The van der Waals surface area contributed by atoms with E-state index >= 15 is 0 Å². The number of benzene rings is 3. The van der Waals surface area contributed by atoms with E-state index in [1.54, 1.807) is 12.1 Å². The molecule has 2 amide bonds. The van der Waals surface area contributed by atoms with Crippen LogP contribution in [0.15, 0.2) is 84.9 Å². The molecule has 0 unspecified atom stereocenters. The second-order valence-corrected chi connectivity index (χ2v) is 7.55. The first-order valence-corrected chi connectivity index (χ1v) is 10.6. The van der Waals surface area contributed by atoms with Crippen molar-refractivity contribution in [1.29, 1.82) is 0 Å². The number of aromatic hydroxyl groups is 1. The van der Waals surface area contributed by atoms with E-state index in [0.717, 1.165) is 22.2 Å². The van der Waals surface area contributed by atoms with Crippen LogP contribution < -0.4 is 10.6 Å². The van der Waals surface area contributed by atoms with Gasteiger partial charge >= 0.3 is 0 Å². The van der Waals surface area contributed by atoms with E-state index in [1.807, 2.05) is 59.2 Å². The first-order valence-electron chi connectivity index (χ1n) is 10.6. The summed E-state index contributed by atoms with van der Waals surface area (Å²) < 4.78 is 2.03. The molecule has 32 heavy (non-hydrogen) atoms. The lowest BCUT2D eigenvalue weighted by molar-refractivity contribution is -0.121. The Labute approximate surface area is 186 Å². The number of carbonyl (C=O) groups is 2. The number of hydrogen-bond donors (Lipinski definition) is 3. The molecule has 0 bridgehead atoms. The Morgan fingerprint density at radius 2 is 1.56 bits per heavy atom. The minimum Gasteiger partial charge on any atom is -0.508 e. The van der Waals surface area contributed by atoms with Crippen molar-refractivity contribution in [3.8, 4) is 17.0 Å². The van der Waals surface area contributed by atoms with Crippen LogP contribution in [-0.4, -0.2) is 34.6 Å². The summed E-state index contributed by atoms with van der Waals surface area (Å²) in [7, 11) is 0. The maximum Gasteiger partial charge on any atom is 0.251 e. The number of nitrogens with one attached hydrogen (secondary N) is 2. The summed E-state index contributed by atoms with van der Waals surface area (Å²) in [6.07, 6.45) is 0.605. The number of nitrogens with zero attached hydrogens (tertiary/aromatic N) is 1. The molecule has 1 aromatic heterocycles. The number of aromatic nitrogens is 1. The van der Waals surface area contributed by atoms with E-state index in [1.165, 1.54) is 12.1 Å². The van der Waals surface area contributed by atoms with Crippen molar-refractivity contribution < 1.29 is 14.7 Å². The average Bonchev–Trinajstić information content (AvgIpc) is 3.17. The van der Waals surface area contributed by atoms with Crippen LogP contribution >= 0.6 is 0 Å². The van der Waals surface area contributed by atoms with Crippen LogP contribution in [0.1, 0.15) is 16.8 Å². The minimum atomic E-state index is -0.251. The topological polar surface area (TPSA) is 83.4 Å². The third-order valence-corrected chi connectivity index (χ3v) is 5.25. The Hall–Kier alpha value is -4.06. The molecule has 6 heteroatoms. The Bertz CT molecular complexity index is 1230. The molecule has 4 rings (SSSR count). The normalized spacial score (nSPS) is 10.8. The molecular weight excluding hydrogens is 402 g/mol. The van der Waals surface area contributed by atoms with Gasteiger partial charge in [-0.1, -0.05) is 54.6 Å². The van der Waals surface area contributed by atoms with Crippen LogP contribution in [0.25, 0.3) is 22.2 Å². The zero-order valence-electron chi connectivity index (χ0n) is 17.6. The number of rotatable bonds is 8. The van der Waals surface area contributed by atoms with E-state index in [2.05, 4.69) is 16.7 Å². The molecule has 3 aromatic carbocycles. The van der Waals surface area contributed by atoms with Crippen molar-refractivity contribution in [2.45, 2.75) is 13.0 Å². The lowest BCUT2D eigenvalue weighted by atomic mass is 10.1. The Kier molecular flexibility index (Phi) is 6.51. The molecule has 0 aliphatic rings. The standard InChI is InChI=1S/C26H25N3O3/c30-22-12-6-11-21(16-22)26(32)28-15-7-14-27-25(31)18-29-23-13-5-4-10-20(23)17-24(29)19-8-2-1-3-9-19/h1-6,8-13,16-17,30H,7,14-15,18H2,(H,27,31)(H,28,32). The largest absolute Gasteiger partial charge is 0.508 e. The SMILES string of the molecule is O=C(Cn1c(-c2ccccc2)cc2ccccc21)NCCCNC(=O)c1cccc(O)c1. The van der Waals surface area contributed by atoms with Crippen molar-refractivity contribution in [2.24, 2.45) is 0 Å². The summed E-state index contributed by atoms with van der Waals surface area (Å²) in [5.41, 5.74) is 3.48. The second kappa shape index (κ2) is 9.83. The number of phenols is 1. The zero-order valence-corrected chi connectivity index (χ0v) is 17.6. The van der Waals surface area contributed by atoms with Gasteiger partial charge in [-0.15, -0.1) is 0 Å². The van der Waals surface area contributed by atoms with Crippen molar-refractivity contribution >= 4 is 22.7 Å². The molecule has 0 aliphatic carbocycles. The second-order valence-electron chi connectivity index (χ2n) is 7.55. The van der Waals surface area contributed by atoms with Gasteiger partial charge < -0.3 is 20.3 Å². The van der Waals surface area contributed by atoms with Crippen molar-refractivity contribution in [3.63, 3.8) is 0 Å². The van der Waals surface area contributed by atoms with Crippen LogP contribution in [0.4, 0.5) is 0 Å².